The maximum Gasteiger partial charge on any atom is 0.257 e. The molecule has 1 spiro atoms. The van der Waals surface area contributed by atoms with Crippen LogP contribution in [-0.4, -0.2) is 47.2 Å². The molecular weight excluding hydrogens is 264 g/mol. The van der Waals surface area contributed by atoms with Crippen LogP contribution in [0.3, 0.4) is 0 Å². The molecule has 2 aliphatic rings. The molecule has 0 radical (unpaired) electrons. The van der Waals surface area contributed by atoms with Gasteiger partial charge in [-0.3, -0.25) is 9.89 Å². The highest BCUT2D eigenvalue weighted by atomic mass is 35.5. The van der Waals surface area contributed by atoms with E-state index in [2.05, 4.69) is 15.5 Å². The van der Waals surface area contributed by atoms with E-state index in [0.717, 1.165) is 43.9 Å². The van der Waals surface area contributed by atoms with Gasteiger partial charge >= 0.3 is 0 Å². The Labute approximate surface area is 119 Å². The van der Waals surface area contributed by atoms with Gasteiger partial charge in [0, 0.05) is 18.8 Å². The average Bonchev–Trinajstić information content (AvgIpc) is 2.97. The molecule has 0 atom stereocenters. The van der Waals surface area contributed by atoms with Gasteiger partial charge in [0.25, 0.3) is 5.91 Å². The van der Waals surface area contributed by atoms with Crippen LogP contribution >= 0.6 is 12.4 Å². The number of likely N-dealkylation sites (tertiary alicyclic amines) is 1. The summed E-state index contributed by atoms with van der Waals surface area (Å²) in [5, 5.41) is 10.2. The summed E-state index contributed by atoms with van der Waals surface area (Å²) < 4.78 is 0. The number of aryl methyl sites for hydroxylation is 1. The molecule has 5 nitrogen and oxygen atoms in total. The maximum absolute atomic E-state index is 12.4. The molecule has 106 valence electrons. The van der Waals surface area contributed by atoms with E-state index in [1.165, 1.54) is 12.8 Å². The van der Waals surface area contributed by atoms with Gasteiger partial charge in [-0.1, -0.05) is 0 Å². The van der Waals surface area contributed by atoms with Crippen LogP contribution in [-0.2, 0) is 0 Å². The second-order valence-corrected chi connectivity index (χ2v) is 5.64. The summed E-state index contributed by atoms with van der Waals surface area (Å²) in [6, 6.07) is 0. The molecule has 1 aromatic heterocycles. The van der Waals surface area contributed by atoms with Crippen molar-refractivity contribution < 1.29 is 4.79 Å². The van der Waals surface area contributed by atoms with E-state index < -0.39 is 0 Å². The zero-order chi connectivity index (χ0) is 12.6. The normalized spacial score (nSPS) is 21.4. The topological polar surface area (TPSA) is 61.0 Å². The van der Waals surface area contributed by atoms with Crippen LogP contribution in [0.5, 0.6) is 0 Å². The number of rotatable bonds is 1. The Morgan fingerprint density at radius 2 is 2.11 bits per heavy atom. The molecule has 2 N–H and O–H groups in total. The van der Waals surface area contributed by atoms with Gasteiger partial charge in [0.1, 0.15) is 0 Å². The molecule has 2 saturated heterocycles. The highest BCUT2D eigenvalue weighted by Crippen LogP contribution is 2.39. The average molecular weight is 285 g/mol. The molecule has 3 rings (SSSR count). The number of H-pyrrole nitrogens is 1. The third-order valence-corrected chi connectivity index (χ3v) is 4.45. The van der Waals surface area contributed by atoms with Crippen molar-refractivity contribution in [3.05, 3.63) is 17.5 Å². The Balaban J connectivity index is 0.00000133. The standard InChI is InChI=1S/C13H20N4O.ClH/c1-10-11(8-15-16-10)12(18)17-7-4-13(9-17)2-5-14-6-3-13;/h8,14H,2-7,9H2,1H3,(H,15,16);1H. The summed E-state index contributed by atoms with van der Waals surface area (Å²) in [7, 11) is 0. The maximum atomic E-state index is 12.4. The molecule has 19 heavy (non-hydrogen) atoms. The van der Waals surface area contributed by atoms with Crippen molar-refractivity contribution >= 4 is 18.3 Å². The first-order valence-corrected chi connectivity index (χ1v) is 6.70. The van der Waals surface area contributed by atoms with Crippen LogP contribution in [0.15, 0.2) is 6.20 Å². The van der Waals surface area contributed by atoms with E-state index in [0.29, 0.717) is 5.41 Å². The second kappa shape index (κ2) is 5.51. The largest absolute Gasteiger partial charge is 0.338 e. The fraction of sp³-hybridized carbons (Fsp3) is 0.692. The Kier molecular flexibility index (Phi) is 4.16. The monoisotopic (exact) mass is 284 g/mol. The summed E-state index contributed by atoms with van der Waals surface area (Å²) in [4.78, 5) is 14.4. The van der Waals surface area contributed by atoms with Gasteiger partial charge in [-0.25, -0.2) is 0 Å². The Morgan fingerprint density at radius 1 is 1.37 bits per heavy atom. The first-order chi connectivity index (χ1) is 8.70. The third-order valence-electron chi connectivity index (χ3n) is 4.45. The van der Waals surface area contributed by atoms with Crippen LogP contribution in [0, 0.1) is 12.3 Å². The number of carbonyl (C=O) groups excluding carboxylic acids is 1. The third kappa shape index (κ3) is 2.62. The lowest BCUT2D eigenvalue weighted by Gasteiger charge is -2.33. The number of hydrogen-bond donors (Lipinski definition) is 2. The molecule has 0 aliphatic carbocycles. The number of aromatic nitrogens is 2. The minimum atomic E-state index is 0. The Bertz CT molecular complexity index is 453. The fourth-order valence-corrected chi connectivity index (χ4v) is 3.21. The van der Waals surface area contributed by atoms with Gasteiger partial charge in [0.05, 0.1) is 11.8 Å². The number of halogens is 1. The van der Waals surface area contributed by atoms with Gasteiger partial charge in [0.2, 0.25) is 0 Å². The lowest BCUT2D eigenvalue weighted by atomic mass is 9.78. The van der Waals surface area contributed by atoms with Gasteiger partial charge < -0.3 is 10.2 Å². The molecule has 1 aromatic rings. The van der Waals surface area contributed by atoms with Crippen molar-refractivity contribution in [2.75, 3.05) is 26.2 Å². The van der Waals surface area contributed by atoms with Crippen molar-refractivity contribution in [1.82, 2.24) is 20.4 Å². The van der Waals surface area contributed by atoms with Crippen LogP contribution in [0.25, 0.3) is 0 Å². The molecule has 3 heterocycles. The zero-order valence-corrected chi connectivity index (χ0v) is 12.1. The van der Waals surface area contributed by atoms with E-state index in [9.17, 15) is 4.79 Å². The van der Waals surface area contributed by atoms with Crippen LogP contribution in [0.2, 0.25) is 0 Å². The molecule has 0 unspecified atom stereocenters. The second-order valence-electron chi connectivity index (χ2n) is 5.64. The number of aromatic amines is 1. The quantitative estimate of drug-likeness (QED) is 0.818. The van der Waals surface area contributed by atoms with Crippen LogP contribution in [0.1, 0.15) is 35.3 Å². The van der Waals surface area contributed by atoms with Crippen molar-refractivity contribution in [1.29, 1.82) is 0 Å². The summed E-state index contributed by atoms with van der Waals surface area (Å²) in [6.45, 7) is 5.89. The molecule has 0 bridgehead atoms. The minimum Gasteiger partial charge on any atom is -0.338 e. The highest BCUT2D eigenvalue weighted by Gasteiger charge is 2.40. The first kappa shape index (κ1) is 14.3. The Morgan fingerprint density at radius 3 is 2.74 bits per heavy atom. The lowest BCUT2D eigenvalue weighted by molar-refractivity contribution is 0.0761. The first-order valence-electron chi connectivity index (χ1n) is 6.70. The summed E-state index contributed by atoms with van der Waals surface area (Å²) in [5.74, 6) is 0.136. The molecule has 2 fully saturated rings. The highest BCUT2D eigenvalue weighted by molar-refractivity contribution is 5.95. The van der Waals surface area contributed by atoms with Crippen molar-refractivity contribution in [3.8, 4) is 0 Å². The molecule has 1 amide bonds. The predicted molar refractivity (Wildman–Crippen MR) is 75.6 cm³/mol. The van der Waals surface area contributed by atoms with Crippen LogP contribution in [0.4, 0.5) is 0 Å². The zero-order valence-electron chi connectivity index (χ0n) is 11.2. The summed E-state index contributed by atoms with van der Waals surface area (Å²) >= 11 is 0. The summed E-state index contributed by atoms with van der Waals surface area (Å²) in [6.07, 6.45) is 5.19. The molecule has 6 heteroatoms. The van der Waals surface area contributed by atoms with Gasteiger partial charge in [0.15, 0.2) is 0 Å². The van der Waals surface area contributed by atoms with E-state index >= 15 is 0 Å². The van der Waals surface area contributed by atoms with Crippen LogP contribution < -0.4 is 5.32 Å². The Hall–Kier alpha value is -1.07. The van der Waals surface area contributed by atoms with E-state index in [1.54, 1.807) is 6.20 Å². The molecule has 0 aromatic carbocycles. The van der Waals surface area contributed by atoms with Crippen molar-refractivity contribution in [2.45, 2.75) is 26.2 Å². The van der Waals surface area contributed by atoms with Crippen molar-refractivity contribution in [3.63, 3.8) is 0 Å². The SMILES string of the molecule is Cc1[nH]ncc1C(=O)N1CCC2(CCNCC2)C1.Cl. The molecule has 2 aliphatic heterocycles. The van der Waals surface area contributed by atoms with Gasteiger partial charge in [-0.2, -0.15) is 5.10 Å². The number of amides is 1. The van der Waals surface area contributed by atoms with Gasteiger partial charge in [-0.05, 0) is 44.7 Å². The van der Waals surface area contributed by atoms with Gasteiger partial charge in [-0.15, -0.1) is 12.4 Å². The van der Waals surface area contributed by atoms with E-state index in [4.69, 9.17) is 0 Å². The lowest BCUT2D eigenvalue weighted by Crippen LogP contribution is -2.39. The van der Waals surface area contributed by atoms with E-state index in [1.807, 2.05) is 11.8 Å². The van der Waals surface area contributed by atoms with E-state index in [-0.39, 0.29) is 18.3 Å². The number of carbonyl (C=O) groups is 1. The number of hydrogen-bond acceptors (Lipinski definition) is 3. The molecular formula is C13H21ClN4O. The number of nitrogens with one attached hydrogen (secondary N) is 2. The minimum absolute atomic E-state index is 0. The predicted octanol–water partition coefficient (Wildman–Crippen LogP) is 1.36. The van der Waals surface area contributed by atoms with Crippen molar-refractivity contribution in [2.24, 2.45) is 5.41 Å². The smallest absolute Gasteiger partial charge is 0.257 e. The molecule has 0 saturated carbocycles. The number of piperidine rings is 1. The fourth-order valence-electron chi connectivity index (χ4n) is 3.21. The number of nitrogens with zero attached hydrogens (tertiary/aromatic N) is 2. The summed E-state index contributed by atoms with van der Waals surface area (Å²) in [5.41, 5.74) is 1.96.